The largest absolute Gasteiger partial charge is 0.373 e. The third kappa shape index (κ3) is 4.13. The minimum atomic E-state index is -3.62. The smallest absolute Gasteiger partial charge is 0.282 e. The van der Waals surface area contributed by atoms with Crippen LogP contribution in [0.3, 0.4) is 0 Å². The summed E-state index contributed by atoms with van der Waals surface area (Å²) in [7, 11) is 0.999. The normalized spacial score (nSPS) is 25.6. The Morgan fingerprint density at radius 3 is 2.11 bits per heavy atom. The third-order valence-corrected chi connectivity index (χ3v) is 4.83. The molecule has 0 aromatic rings. The molecule has 112 valence electrons. The van der Waals surface area contributed by atoms with Gasteiger partial charge in [-0.2, -0.15) is 17.0 Å². The van der Waals surface area contributed by atoms with Crippen LogP contribution >= 0.6 is 0 Å². The molecular formula is C11H23N3O4S. The first-order valence-corrected chi connectivity index (χ1v) is 7.61. The van der Waals surface area contributed by atoms with Crippen LogP contribution in [0.5, 0.6) is 0 Å². The van der Waals surface area contributed by atoms with Crippen LogP contribution in [0.1, 0.15) is 13.8 Å². The van der Waals surface area contributed by atoms with Crippen LogP contribution in [-0.4, -0.2) is 80.8 Å². The summed E-state index contributed by atoms with van der Waals surface area (Å²) in [5.74, 6) is -0.250. The lowest BCUT2D eigenvalue weighted by Gasteiger charge is -2.36. The molecule has 1 aliphatic rings. The van der Waals surface area contributed by atoms with Crippen molar-refractivity contribution in [2.24, 2.45) is 0 Å². The van der Waals surface area contributed by atoms with Crippen molar-refractivity contribution < 1.29 is 17.9 Å². The Labute approximate surface area is 115 Å². The van der Waals surface area contributed by atoms with E-state index in [1.165, 1.54) is 16.3 Å². The highest BCUT2D eigenvalue weighted by Gasteiger charge is 2.34. The van der Waals surface area contributed by atoms with Gasteiger partial charge in [0.25, 0.3) is 10.2 Å². The van der Waals surface area contributed by atoms with Crippen LogP contribution in [0.2, 0.25) is 0 Å². The van der Waals surface area contributed by atoms with E-state index in [0.29, 0.717) is 13.1 Å². The molecule has 0 bridgehead atoms. The van der Waals surface area contributed by atoms with Gasteiger partial charge < -0.3 is 9.64 Å². The molecule has 1 fully saturated rings. The molecule has 0 N–H and O–H groups in total. The SMILES string of the molecule is C[C@H]1CN(S(=O)(=O)N(C)CC(=O)N(C)C)C[C@H](C)O1. The van der Waals surface area contributed by atoms with E-state index in [2.05, 4.69) is 0 Å². The van der Waals surface area contributed by atoms with E-state index in [-0.39, 0.29) is 24.7 Å². The molecule has 0 radical (unpaired) electrons. The van der Waals surface area contributed by atoms with E-state index < -0.39 is 10.2 Å². The number of carbonyl (C=O) groups excluding carboxylic acids is 1. The first-order chi connectivity index (χ1) is 8.64. The summed E-state index contributed by atoms with van der Waals surface area (Å²) >= 11 is 0. The molecule has 2 atom stereocenters. The van der Waals surface area contributed by atoms with Crippen LogP contribution < -0.4 is 0 Å². The number of hydrogen-bond acceptors (Lipinski definition) is 4. The maximum absolute atomic E-state index is 12.4. The molecular weight excluding hydrogens is 270 g/mol. The number of morpholine rings is 1. The van der Waals surface area contributed by atoms with Crippen LogP contribution in [0, 0.1) is 0 Å². The fraction of sp³-hybridized carbons (Fsp3) is 0.909. The molecule has 19 heavy (non-hydrogen) atoms. The number of rotatable bonds is 4. The molecule has 1 aliphatic heterocycles. The lowest BCUT2D eigenvalue weighted by molar-refractivity contribution is -0.128. The van der Waals surface area contributed by atoms with Crippen molar-refractivity contribution in [2.75, 3.05) is 40.8 Å². The van der Waals surface area contributed by atoms with Crippen molar-refractivity contribution in [1.29, 1.82) is 0 Å². The van der Waals surface area contributed by atoms with Gasteiger partial charge in [-0.3, -0.25) is 4.79 Å². The minimum Gasteiger partial charge on any atom is -0.373 e. The Bertz CT molecular complexity index is 414. The number of nitrogens with zero attached hydrogens (tertiary/aromatic N) is 3. The van der Waals surface area contributed by atoms with Gasteiger partial charge in [0.15, 0.2) is 0 Å². The summed E-state index contributed by atoms with van der Waals surface area (Å²) in [5.41, 5.74) is 0. The average molecular weight is 293 g/mol. The summed E-state index contributed by atoms with van der Waals surface area (Å²) in [4.78, 5) is 13.0. The second-order valence-corrected chi connectivity index (χ2v) is 7.16. The number of amides is 1. The second-order valence-electron chi connectivity index (χ2n) is 5.13. The first kappa shape index (κ1) is 16.4. The van der Waals surface area contributed by atoms with Crippen molar-refractivity contribution in [3.63, 3.8) is 0 Å². The van der Waals surface area contributed by atoms with Gasteiger partial charge in [0.1, 0.15) is 0 Å². The van der Waals surface area contributed by atoms with Gasteiger partial charge in [0.05, 0.1) is 18.8 Å². The Kier molecular flexibility index (Phi) is 5.31. The highest BCUT2D eigenvalue weighted by molar-refractivity contribution is 7.86. The van der Waals surface area contributed by atoms with Crippen molar-refractivity contribution in [3.8, 4) is 0 Å². The van der Waals surface area contributed by atoms with Gasteiger partial charge >= 0.3 is 0 Å². The highest BCUT2D eigenvalue weighted by atomic mass is 32.2. The molecule has 1 saturated heterocycles. The van der Waals surface area contributed by atoms with Gasteiger partial charge in [-0.15, -0.1) is 0 Å². The van der Waals surface area contributed by atoms with Gasteiger partial charge in [0, 0.05) is 34.2 Å². The van der Waals surface area contributed by atoms with Crippen LogP contribution in [0.25, 0.3) is 0 Å². The summed E-state index contributed by atoms with van der Waals surface area (Å²) in [6, 6.07) is 0. The highest BCUT2D eigenvalue weighted by Crippen LogP contribution is 2.16. The lowest BCUT2D eigenvalue weighted by Crippen LogP contribution is -2.53. The predicted octanol–water partition coefficient (Wildman–Crippen LogP) is -0.640. The van der Waals surface area contributed by atoms with Crippen LogP contribution in [0.4, 0.5) is 0 Å². The Hall–Kier alpha value is -0.700. The van der Waals surface area contributed by atoms with Crippen molar-refractivity contribution in [1.82, 2.24) is 13.5 Å². The number of ether oxygens (including phenoxy) is 1. The molecule has 8 heteroatoms. The standard InChI is InChI=1S/C11H23N3O4S/c1-9-6-14(7-10(2)18-9)19(16,17)13(5)8-11(15)12(3)4/h9-10H,6-8H2,1-5H3/t9-,10-/m0/s1. The Morgan fingerprint density at radius 2 is 1.68 bits per heavy atom. The van der Waals surface area contributed by atoms with Gasteiger partial charge in [-0.1, -0.05) is 0 Å². The van der Waals surface area contributed by atoms with Gasteiger partial charge in [0.2, 0.25) is 5.91 Å². The molecule has 1 amide bonds. The minimum absolute atomic E-state index is 0.142. The maximum atomic E-state index is 12.4. The number of hydrogen-bond donors (Lipinski definition) is 0. The Balaban J connectivity index is 2.76. The zero-order valence-corrected chi connectivity index (χ0v) is 13.0. The van der Waals surface area contributed by atoms with E-state index >= 15 is 0 Å². The molecule has 0 spiro atoms. The fourth-order valence-corrected chi connectivity index (χ4v) is 3.39. The quantitative estimate of drug-likeness (QED) is 0.691. The van der Waals surface area contributed by atoms with E-state index in [9.17, 15) is 13.2 Å². The topological polar surface area (TPSA) is 70.2 Å². The van der Waals surface area contributed by atoms with Gasteiger partial charge in [-0.25, -0.2) is 0 Å². The van der Waals surface area contributed by atoms with Crippen LogP contribution in [-0.2, 0) is 19.7 Å². The molecule has 0 aromatic heterocycles. The molecule has 0 unspecified atom stereocenters. The second kappa shape index (κ2) is 6.17. The van der Waals surface area contributed by atoms with Crippen molar-refractivity contribution >= 4 is 16.1 Å². The maximum Gasteiger partial charge on any atom is 0.282 e. The van der Waals surface area contributed by atoms with Gasteiger partial charge in [-0.05, 0) is 13.8 Å². The first-order valence-electron chi connectivity index (χ1n) is 6.21. The van der Waals surface area contributed by atoms with E-state index in [0.717, 1.165) is 4.31 Å². The summed E-state index contributed by atoms with van der Waals surface area (Å²) in [6.07, 6.45) is -0.284. The van der Waals surface area contributed by atoms with Crippen LogP contribution in [0.15, 0.2) is 0 Å². The van der Waals surface area contributed by atoms with E-state index in [4.69, 9.17) is 4.74 Å². The number of likely N-dealkylation sites (N-methyl/N-ethyl adjacent to an activating group) is 2. The zero-order valence-electron chi connectivity index (χ0n) is 12.2. The van der Waals surface area contributed by atoms with E-state index in [1.54, 1.807) is 14.1 Å². The summed E-state index contributed by atoms with van der Waals surface area (Å²) in [5, 5.41) is 0. The van der Waals surface area contributed by atoms with Crippen molar-refractivity contribution in [3.05, 3.63) is 0 Å². The average Bonchev–Trinajstić information content (AvgIpc) is 2.27. The lowest BCUT2D eigenvalue weighted by atomic mass is 10.3. The van der Waals surface area contributed by atoms with E-state index in [1.807, 2.05) is 13.8 Å². The molecule has 0 saturated carbocycles. The number of carbonyl (C=O) groups is 1. The predicted molar refractivity (Wildman–Crippen MR) is 71.8 cm³/mol. The molecule has 1 heterocycles. The monoisotopic (exact) mass is 293 g/mol. The molecule has 0 aromatic carbocycles. The Morgan fingerprint density at radius 1 is 1.21 bits per heavy atom. The molecule has 0 aliphatic carbocycles. The third-order valence-electron chi connectivity index (χ3n) is 2.96. The van der Waals surface area contributed by atoms with Crippen molar-refractivity contribution in [2.45, 2.75) is 26.1 Å². The molecule has 7 nitrogen and oxygen atoms in total. The zero-order chi connectivity index (χ0) is 14.8. The fourth-order valence-electron chi connectivity index (χ4n) is 1.93. The molecule has 1 rings (SSSR count). The summed E-state index contributed by atoms with van der Waals surface area (Å²) in [6.45, 7) is 4.14. The summed E-state index contributed by atoms with van der Waals surface area (Å²) < 4.78 is 32.7.